The van der Waals surface area contributed by atoms with Gasteiger partial charge in [0, 0.05) is 18.3 Å². The Kier molecular flexibility index (Phi) is 6.03. The van der Waals surface area contributed by atoms with Crippen molar-refractivity contribution >= 4 is 11.8 Å². The summed E-state index contributed by atoms with van der Waals surface area (Å²) < 4.78 is 2.04. The minimum Gasteiger partial charge on any atom is -0.351 e. The van der Waals surface area contributed by atoms with Gasteiger partial charge in [-0.15, -0.1) is 0 Å². The molecule has 5 rings (SSSR count). The molecule has 1 saturated carbocycles. The highest BCUT2D eigenvalue weighted by Crippen LogP contribution is 2.35. The summed E-state index contributed by atoms with van der Waals surface area (Å²) in [4.78, 5) is 29.5. The average Bonchev–Trinajstić information content (AvgIpc) is 3.52. The van der Waals surface area contributed by atoms with Crippen molar-refractivity contribution in [1.82, 2.24) is 14.8 Å². The molecule has 2 amide bonds. The van der Waals surface area contributed by atoms with Crippen molar-refractivity contribution in [3.63, 3.8) is 0 Å². The first kappa shape index (κ1) is 22.5. The van der Waals surface area contributed by atoms with Crippen molar-refractivity contribution in [2.45, 2.75) is 63.6 Å². The van der Waals surface area contributed by atoms with E-state index in [-0.39, 0.29) is 23.8 Å². The molecule has 1 aliphatic heterocycles. The van der Waals surface area contributed by atoms with Gasteiger partial charge in [-0.05, 0) is 48.9 Å². The number of hydrogen-bond acceptors (Lipinski definition) is 2. The molecular weight excluding hydrogens is 422 g/mol. The Morgan fingerprint density at radius 1 is 0.971 bits per heavy atom. The van der Waals surface area contributed by atoms with E-state index in [0.717, 1.165) is 36.9 Å². The van der Waals surface area contributed by atoms with E-state index in [1.807, 2.05) is 77.1 Å². The first-order valence-corrected chi connectivity index (χ1v) is 12.4. The van der Waals surface area contributed by atoms with E-state index in [0.29, 0.717) is 18.8 Å². The summed E-state index contributed by atoms with van der Waals surface area (Å²) >= 11 is 0. The van der Waals surface area contributed by atoms with Crippen LogP contribution in [0.5, 0.6) is 0 Å². The van der Waals surface area contributed by atoms with Crippen molar-refractivity contribution in [1.29, 1.82) is 0 Å². The summed E-state index contributed by atoms with van der Waals surface area (Å²) in [5.74, 6) is -0.0227. The van der Waals surface area contributed by atoms with Crippen molar-refractivity contribution < 1.29 is 9.59 Å². The smallest absolute Gasteiger partial charge is 0.271 e. The van der Waals surface area contributed by atoms with Crippen LogP contribution < -0.4 is 5.32 Å². The van der Waals surface area contributed by atoms with Crippen LogP contribution >= 0.6 is 0 Å². The molecule has 2 heterocycles. The number of nitrogens with one attached hydrogen (secondary N) is 1. The Hall–Kier alpha value is -3.34. The lowest BCUT2D eigenvalue weighted by Crippen LogP contribution is -2.65. The third-order valence-corrected chi connectivity index (χ3v) is 7.58. The third kappa shape index (κ3) is 4.04. The zero-order valence-electron chi connectivity index (χ0n) is 20.0. The van der Waals surface area contributed by atoms with Gasteiger partial charge in [0.2, 0.25) is 5.91 Å². The van der Waals surface area contributed by atoms with Crippen LogP contribution in [0.3, 0.4) is 0 Å². The summed E-state index contributed by atoms with van der Waals surface area (Å²) in [5.41, 5.74) is 2.86. The monoisotopic (exact) mass is 455 g/mol. The molecule has 0 bridgehead atoms. The number of amides is 2. The van der Waals surface area contributed by atoms with E-state index in [4.69, 9.17) is 0 Å². The highest BCUT2D eigenvalue weighted by molar-refractivity contribution is 6.00. The molecule has 34 heavy (non-hydrogen) atoms. The van der Waals surface area contributed by atoms with Gasteiger partial charge in [0.25, 0.3) is 5.91 Å². The van der Waals surface area contributed by atoms with Crippen molar-refractivity contribution in [3.8, 4) is 11.3 Å². The molecule has 0 spiro atoms. The van der Waals surface area contributed by atoms with Crippen LogP contribution in [0.1, 0.15) is 61.5 Å². The van der Waals surface area contributed by atoms with E-state index >= 15 is 0 Å². The minimum atomic E-state index is -0.974. The fourth-order valence-corrected chi connectivity index (χ4v) is 5.49. The van der Waals surface area contributed by atoms with E-state index in [2.05, 4.69) is 24.4 Å². The van der Waals surface area contributed by atoms with Gasteiger partial charge >= 0.3 is 0 Å². The lowest BCUT2D eigenvalue weighted by Gasteiger charge is -2.45. The molecular formula is C29H33N3O2. The molecule has 1 aromatic heterocycles. The minimum absolute atomic E-state index is 0.0497. The lowest BCUT2D eigenvalue weighted by atomic mass is 9.91. The van der Waals surface area contributed by atoms with Crippen LogP contribution in [-0.2, 0) is 11.3 Å². The quantitative estimate of drug-likeness (QED) is 0.553. The van der Waals surface area contributed by atoms with Crippen molar-refractivity contribution in [3.05, 3.63) is 84.1 Å². The van der Waals surface area contributed by atoms with Gasteiger partial charge in [-0.25, -0.2) is 0 Å². The largest absolute Gasteiger partial charge is 0.351 e. The molecule has 0 radical (unpaired) electrons. The van der Waals surface area contributed by atoms with Gasteiger partial charge in [0.15, 0.2) is 0 Å². The SMILES string of the molecule is C[C@@H](CN1C(=O)c2ccc(-c3ccccc3)n2C[C@@]1(C)C(=O)NC1CCCC1)c1ccccc1. The van der Waals surface area contributed by atoms with E-state index in [1.54, 1.807) is 0 Å². The summed E-state index contributed by atoms with van der Waals surface area (Å²) in [6.07, 6.45) is 4.32. The van der Waals surface area contributed by atoms with Crippen LogP contribution in [0.4, 0.5) is 0 Å². The molecule has 3 aromatic rings. The number of carbonyl (C=O) groups excluding carboxylic acids is 2. The third-order valence-electron chi connectivity index (χ3n) is 7.58. The topological polar surface area (TPSA) is 54.3 Å². The van der Waals surface area contributed by atoms with Crippen LogP contribution in [0, 0.1) is 0 Å². The standard InChI is InChI=1S/C29H33N3O2/c1-21(22-11-5-3-6-12-22)19-32-27(33)26-18-17-25(23-13-7-4-8-14-23)31(26)20-29(32,2)28(34)30-24-15-9-10-16-24/h3-8,11-14,17-18,21,24H,9-10,15-16,19-20H2,1-2H3,(H,30,34)/t21-,29-/m0/s1. The van der Waals surface area contributed by atoms with Crippen molar-refractivity contribution in [2.24, 2.45) is 0 Å². The number of hydrogen-bond donors (Lipinski definition) is 1. The summed E-state index contributed by atoms with van der Waals surface area (Å²) in [6.45, 7) is 4.99. The molecule has 1 fully saturated rings. The Labute approximate surface area is 201 Å². The molecule has 5 nitrogen and oxygen atoms in total. The Morgan fingerprint density at radius 2 is 1.59 bits per heavy atom. The molecule has 0 saturated heterocycles. The number of rotatable bonds is 6. The Bertz CT molecular complexity index is 1160. The summed E-state index contributed by atoms with van der Waals surface area (Å²) in [6, 6.07) is 24.4. The van der Waals surface area contributed by atoms with Gasteiger partial charge < -0.3 is 14.8 Å². The van der Waals surface area contributed by atoms with Gasteiger partial charge in [0.05, 0.1) is 6.54 Å². The van der Waals surface area contributed by atoms with Gasteiger partial charge in [-0.2, -0.15) is 0 Å². The van der Waals surface area contributed by atoms with Crippen LogP contribution in [0.25, 0.3) is 11.3 Å². The number of aromatic nitrogens is 1. The summed E-state index contributed by atoms with van der Waals surface area (Å²) in [7, 11) is 0. The zero-order chi connectivity index (χ0) is 23.7. The predicted octanol–water partition coefficient (Wildman–Crippen LogP) is 5.23. The first-order chi connectivity index (χ1) is 16.5. The second kappa shape index (κ2) is 9.13. The van der Waals surface area contributed by atoms with Crippen LogP contribution in [0.2, 0.25) is 0 Å². The molecule has 2 atom stereocenters. The van der Waals surface area contributed by atoms with Gasteiger partial charge in [0.1, 0.15) is 11.2 Å². The maximum atomic E-state index is 13.9. The zero-order valence-corrected chi connectivity index (χ0v) is 20.0. The number of benzene rings is 2. The normalized spacial score (nSPS) is 21.4. The fourth-order valence-electron chi connectivity index (χ4n) is 5.49. The van der Waals surface area contributed by atoms with Gasteiger partial charge in [-0.1, -0.05) is 80.4 Å². The van der Waals surface area contributed by atoms with E-state index < -0.39 is 5.54 Å². The van der Waals surface area contributed by atoms with E-state index in [9.17, 15) is 9.59 Å². The van der Waals surface area contributed by atoms with Crippen molar-refractivity contribution in [2.75, 3.05) is 6.54 Å². The highest BCUT2D eigenvalue weighted by Gasteiger charge is 2.48. The molecule has 2 aromatic carbocycles. The van der Waals surface area contributed by atoms with Crippen LogP contribution in [-0.4, -0.2) is 39.4 Å². The number of fused-ring (bicyclic) bond motifs is 1. The molecule has 2 aliphatic rings. The molecule has 176 valence electrons. The van der Waals surface area contributed by atoms with Crippen LogP contribution in [0.15, 0.2) is 72.8 Å². The first-order valence-electron chi connectivity index (χ1n) is 12.4. The predicted molar refractivity (Wildman–Crippen MR) is 135 cm³/mol. The maximum absolute atomic E-state index is 13.9. The highest BCUT2D eigenvalue weighted by atomic mass is 16.2. The number of nitrogens with zero attached hydrogens (tertiary/aromatic N) is 2. The summed E-state index contributed by atoms with van der Waals surface area (Å²) in [5, 5.41) is 3.29. The number of carbonyl (C=O) groups is 2. The molecule has 1 aliphatic carbocycles. The maximum Gasteiger partial charge on any atom is 0.271 e. The van der Waals surface area contributed by atoms with Gasteiger partial charge in [-0.3, -0.25) is 9.59 Å². The second-order valence-corrected chi connectivity index (χ2v) is 10.0. The average molecular weight is 456 g/mol. The fraction of sp³-hybridized carbons (Fsp3) is 0.379. The molecule has 5 heteroatoms. The molecule has 0 unspecified atom stereocenters. The van der Waals surface area contributed by atoms with E-state index in [1.165, 1.54) is 5.56 Å². The second-order valence-electron chi connectivity index (χ2n) is 10.0. The molecule has 1 N–H and O–H groups in total. The lowest BCUT2D eigenvalue weighted by molar-refractivity contribution is -0.133. The Balaban J connectivity index is 1.52. The Morgan fingerprint density at radius 3 is 2.26 bits per heavy atom.